The summed E-state index contributed by atoms with van der Waals surface area (Å²) in [5.41, 5.74) is 3.90. The lowest BCUT2D eigenvalue weighted by molar-refractivity contribution is 0.0958. The number of hydrazine groups is 1. The summed E-state index contributed by atoms with van der Waals surface area (Å²) < 4.78 is 0. The molecular weight excluding hydrogens is 193 g/mol. The summed E-state index contributed by atoms with van der Waals surface area (Å²) in [6.45, 7) is 11.1. The molecule has 1 rings (SSSR count). The molecule has 0 aromatic carbocycles. The van der Waals surface area contributed by atoms with Crippen LogP contribution in [0.3, 0.4) is 0 Å². The Kier molecular flexibility index (Phi) is 3.33. The van der Waals surface area contributed by atoms with Gasteiger partial charge in [0, 0.05) is 23.2 Å². The first-order valence-electron chi connectivity index (χ1n) is 5.59. The number of rotatable bonds is 2. The van der Waals surface area contributed by atoms with Crippen LogP contribution in [0.15, 0.2) is 11.8 Å². The zero-order valence-electron chi connectivity index (χ0n) is 11.0. The van der Waals surface area contributed by atoms with E-state index >= 15 is 0 Å². The van der Waals surface area contributed by atoms with Crippen LogP contribution < -0.4 is 5.43 Å². The largest absolute Gasteiger partial charge is 0.308 e. The summed E-state index contributed by atoms with van der Waals surface area (Å²) in [7, 11) is 17.5. The molecule has 2 nitrogen and oxygen atoms in total. The summed E-state index contributed by atoms with van der Waals surface area (Å²) in [4.78, 5) is 0. The van der Waals surface area contributed by atoms with E-state index in [1.165, 1.54) is 5.70 Å². The summed E-state index contributed by atoms with van der Waals surface area (Å²) in [6.07, 6.45) is 2.15. The minimum absolute atomic E-state index is 0.0337. The molecule has 0 saturated heterocycles. The predicted octanol–water partition coefficient (Wildman–Crippen LogP) is 1.09. The van der Waals surface area contributed by atoms with Crippen molar-refractivity contribution in [1.29, 1.82) is 0 Å². The van der Waals surface area contributed by atoms with Crippen LogP contribution >= 0.6 is 0 Å². The van der Waals surface area contributed by atoms with Gasteiger partial charge in [0.2, 0.25) is 0 Å². The standard InChI is InChI=1S/C11H19B3N2/c1-9(2,3)8-6-7-15-16(8)10(4,5)11(12,13)14/h6,15H,7H2,1-5H3. The van der Waals surface area contributed by atoms with Crippen LogP contribution in [0.4, 0.5) is 0 Å². The summed E-state index contributed by atoms with van der Waals surface area (Å²) >= 11 is 0. The molecule has 0 saturated carbocycles. The van der Waals surface area contributed by atoms with E-state index in [-0.39, 0.29) is 5.41 Å². The van der Waals surface area contributed by atoms with Crippen molar-refractivity contribution in [2.45, 2.75) is 45.3 Å². The van der Waals surface area contributed by atoms with Gasteiger partial charge in [0.25, 0.3) is 0 Å². The van der Waals surface area contributed by atoms with Gasteiger partial charge in [-0.3, -0.25) is 0 Å². The van der Waals surface area contributed by atoms with Crippen molar-refractivity contribution in [3.63, 3.8) is 0 Å². The van der Waals surface area contributed by atoms with Crippen molar-refractivity contribution in [3.8, 4) is 0 Å². The first kappa shape index (κ1) is 13.8. The van der Waals surface area contributed by atoms with Crippen LogP contribution in [0.25, 0.3) is 0 Å². The monoisotopic (exact) mass is 212 g/mol. The van der Waals surface area contributed by atoms with E-state index in [0.29, 0.717) is 0 Å². The van der Waals surface area contributed by atoms with E-state index in [0.717, 1.165) is 6.54 Å². The third kappa shape index (κ3) is 2.34. The molecule has 0 atom stereocenters. The van der Waals surface area contributed by atoms with Gasteiger partial charge in [-0.15, -0.1) is 5.11 Å². The Morgan fingerprint density at radius 3 is 2.00 bits per heavy atom. The molecule has 0 aromatic heterocycles. The molecule has 82 valence electrons. The molecule has 5 heteroatoms. The van der Waals surface area contributed by atoms with E-state index in [9.17, 15) is 0 Å². The second kappa shape index (κ2) is 3.87. The first-order chi connectivity index (χ1) is 6.98. The van der Waals surface area contributed by atoms with Crippen LogP contribution in [0, 0.1) is 5.41 Å². The molecule has 16 heavy (non-hydrogen) atoms. The Hall–Kier alpha value is -0.305. The third-order valence-corrected chi connectivity index (χ3v) is 3.17. The molecule has 0 bridgehead atoms. The summed E-state index contributed by atoms with van der Waals surface area (Å²) in [5.74, 6) is 0. The molecule has 1 heterocycles. The van der Waals surface area contributed by atoms with E-state index in [1.54, 1.807) is 0 Å². The number of hydrogen-bond acceptors (Lipinski definition) is 2. The number of nitrogens with one attached hydrogen (secondary N) is 1. The van der Waals surface area contributed by atoms with Gasteiger partial charge < -0.3 is 5.01 Å². The van der Waals surface area contributed by atoms with Gasteiger partial charge in [0.15, 0.2) is 0 Å². The Morgan fingerprint density at radius 1 is 1.12 bits per heavy atom. The Morgan fingerprint density at radius 2 is 1.62 bits per heavy atom. The van der Waals surface area contributed by atoms with Crippen molar-refractivity contribution in [1.82, 2.24) is 10.4 Å². The highest BCUT2D eigenvalue weighted by atomic mass is 15.6. The fraction of sp³-hybridized carbons (Fsp3) is 0.818. The van der Waals surface area contributed by atoms with Crippen LogP contribution in [-0.4, -0.2) is 40.6 Å². The lowest BCUT2D eigenvalue weighted by Gasteiger charge is -2.51. The smallest absolute Gasteiger partial charge is 0.0538 e. The highest BCUT2D eigenvalue weighted by Crippen LogP contribution is 2.41. The Balaban J connectivity index is 3.03. The Labute approximate surface area is 103 Å². The molecule has 0 fully saturated rings. The first-order valence-corrected chi connectivity index (χ1v) is 5.59. The fourth-order valence-corrected chi connectivity index (χ4v) is 1.74. The molecule has 0 unspecified atom stereocenters. The maximum Gasteiger partial charge on any atom is 0.0538 e. The number of hydrogen-bond donors (Lipinski definition) is 1. The number of nitrogens with zero attached hydrogens (tertiary/aromatic N) is 1. The highest BCUT2D eigenvalue weighted by molar-refractivity contribution is 6.59. The van der Waals surface area contributed by atoms with Crippen molar-refractivity contribution in [2.24, 2.45) is 5.41 Å². The van der Waals surface area contributed by atoms with Gasteiger partial charge in [0.1, 0.15) is 0 Å². The quantitative estimate of drug-likeness (QED) is 0.689. The SMILES string of the molecule is [B]C([B])([B])C(C)(C)N1NCC=C1C(C)(C)C. The van der Waals surface area contributed by atoms with Gasteiger partial charge in [-0.05, 0) is 19.9 Å². The lowest BCUT2D eigenvalue weighted by Crippen LogP contribution is -2.57. The van der Waals surface area contributed by atoms with Crippen LogP contribution in [0.1, 0.15) is 34.6 Å². The zero-order chi connectivity index (χ0) is 12.8. The van der Waals surface area contributed by atoms with Gasteiger partial charge in [-0.1, -0.05) is 20.8 Å². The zero-order valence-corrected chi connectivity index (χ0v) is 11.0. The number of allylic oxidation sites excluding steroid dienone is 1. The van der Waals surface area contributed by atoms with Gasteiger partial charge in [0.05, 0.1) is 23.5 Å². The van der Waals surface area contributed by atoms with E-state index in [4.69, 9.17) is 23.5 Å². The molecule has 6 radical (unpaired) electrons. The highest BCUT2D eigenvalue weighted by Gasteiger charge is 2.41. The molecule has 0 spiro atoms. The van der Waals surface area contributed by atoms with E-state index < -0.39 is 10.7 Å². The molecule has 0 amide bonds. The van der Waals surface area contributed by atoms with E-state index in [1.807, 2.05) is 18.9 Å². The average molecular weight is 212 g/mol. The van der Waals surface area contributed by atoms with Crippen molar-refractivity contribution >= 4 is 23.5 Å². The average Bonchev–Trinajstić information content (AvgIpc) is 2.47. The maximum absolute atomic E-state index is 5.85. The van der Waals surface area contributed by atoms with Gasteiger partial charge in [-0.2, -0.15) is 0 Å². The van der Waals surface area contributed by atoms with Crippen LogP contribution in [0.2, 0.25) is 5.11 Å². The Bertz CT molecular complexity index is 297. The predicted molar refractivity (Wildman–Crippen MR) is 71.4 cm³/mol. The lowest BCUT2D eigenvalue weighted by atomic mass is 9.35. The minimum atomic E-state index is -1.27. The van der Waals surface area contributed by atoms with Crippen LogP contribution in [-0.2, 0) is 0 Å². The fourth-order valence-electron chi connectivity index (χ4n) is 1.74. The van der Waals surface area contributed by atoms with Crippen LogP contribution in [0.5, 0.6) is 0 Å². The molecule has 1 N–H and O–H groups in total. The molecular formula is C11H19B3N2. The maximum atomic E-state index is 5.85. The van der Waals surface area contributed by atoms with Crippen molar-refractivity contribution in [2.75, 3.05) is 6.54 Å². The summed E-state index contributed by atoms with van der Waals surface area (Å²) in [5, 5.41) is 0.724. The van der Waals surface area contributed by atoms with Crippen molar-refractivity contribution in [3.05, 3.63) is 11.8 Å². The molecule has 1 aliphatic rings. The van der Waals surface area contributed by atoms with Gasteiger partial charge >= 0.3 is 0 Å². The third-order valence-electron chi connectivity index (χ3n) is 3.17. The minimum Gasteiger partial charge on any atom is -0.308 e. The molecule has 1 aliphatic heterocycles. The molecule has 0 aliphatic carbocycles. The van der Waals surface area contributed by atoms with E-state index in [2.05, 4.69) is 32.3 Å². The topological polar surface area (TPSA) is 15.3 Å². The second-order valence-electron chi connectivity index (χ2n) is 6.03. The molecule has 0 aromatic rings. The van der Waals surface area contributed by atoms with Crippen molar-refractivity contribution < 1.29 is 0 Å². The normalized spacial score (nSPS) is 18.8. The van der Waals surface area contributed by atoms with Gasteiger partial charge in [-0.25, -0.2) is 5.43 Å². The summed E-state index contributed by atoms with van der Waals surface area (Å²) in [6, 6.07) is 0. The second-order valence-corrected chi connectivity index (χ2v) is 6.03.